The number of hydrogen-bond acceptors (Lipinski definition) is 4. The van der Waals surface area contributed by atoms with E-state index in [1.165, 1.54) is 13.0 Å². The molecule has 0 fully saturated rings. The number of rotatable bonds is 1. The van der Waals surface area contributed by atoms with Gasteiger partial charge in [0, 0.05) is 13.0 Å². The molecule has 0 aliphatic heterocycles. The standard InChI is InChI=1S/C8H6O4/c1-5(9)12-6-2-3-7(10)8(11)4-6/h2-4H,1H3. The fraction of sp³-hybridized carbons (Fsp3) is 0.125. The Balaban J connectivity index is 2.76. The molecule has 1 aliphatic rings. The van der Waals surface area contributed by atoms with Crippen LogP contribution >= 0.6 is 0 Å². The third kappa shape index (κ3) is 1.88. The Labute approximate surface area is 68.5 Å². The first-order valence-corrected chi connectivity index (χ1v) is 3.26. The lowest BCUT2D eigenvalue weighted by Crippen LogP contribution is -2.13. The van der Waals surface area contributed by atoms with Gasteiger partial charge in [-0.05, 0) is 12.2 Å². The second kappa shape index (κ2) is 3.13. The van der Waals surface area contributed by atoms with Crippen LogP contribution in [0.2, 0.25) is 0 Å². The predicted octanol–water partition coefficient (Wildman–Crippen LogP) is 0.141. The van der Waals surface area contributed by atoms with Crippen molar-refractivity contribution in [3.8, 4) is 0 Å². The van der Waals surface area contributed by atoms with Crippen molar-refractivity contribution in [1.82, 2.24) is 0 Å². The van der Waals surface area contributed by atoms with Crippen molar-refractivity contribution in [3.05, 3.63) is 24.0 Å². The minimum absolute atomic E-state index is 0.104. The van der Waals surface area contributed by atoms with E-state index in [9.17, 15) is 14.4 Å². The van der Waals surface area contributed by atoms with Crippen molar-refractivity contribution >= 4 is 17.5 Å². The maximum Gasteiger partial charge on any atom is 0.308 e. The van der Waals surface area contributed by atoms with Crippen LogP contribution in [0.3, 0.4) is 0 Å². The zero-order valence-electron chi connectivity index (χ0n) is 6.37. The number of carbonyl (C=O) groups excluding carboxylic acids is 3. The second-order valence-electron chi connectivity index (χ2n) is 2.20. The number of allylic oxidation sites excluding steroid dienone is 3. The van der Waals surface area contributed by atoms with Crippen LogP contribution < -0.4 is 0 Å². The molecule has 0 N–H and O–H groups in total. The summed E-state index contributed by atoms with van der Waals surface area (Å²) in [7, 11) is 0. The molecule has 1 aliphatic carbocycles. The van der Waals surface area contributed by atoms with Gasteiger partial charge in [-0.15, -0.1) is 0 Å². The molecule has 4 nitrogen and oxygen atoms in total. The van der Waals surface area contributed by atoms with E-state index in [2.05, 4.69) is 4.74 Å². The summed E-state index contributed by atoms with van der Waals surface area (Å²) in [6.45, 7) is 1.22. The molecule has 0 bridgehead atoms. The number of carbonyl (C=O) groups is 3. The molecule has 0 saturated carbocycles. The molecular weight excluding hydrogens is 160 g/mol. The fourth-order valence-electron chi connectivity index (χ4n) is 0.718. The van der Waals surface area contributed by atoms with E-state index in [1.807, 2.05) is 0 Å². The van der Waals surface area contributed by atoms with Crippen LogP contribution in [0.15, 0.2) is 24.0 Å². The first kappa shape index (κ1) is 8.39. The van der Waals surface area contributed by atoms with Crippen LogP contribution in [-0.4, -0.2) is 17.5 Å². The lowest BCUT2D eigenvalue weighted by atomic mass is 10.1. The van der Waals surface area contributed by atoms with Gasteiger partial charge in [-0.3, -0.25) is 14.4 Å². The first-order chi connectivity index (χ1) is 5.59. The highest BCUT2D eigenvalue weighted by atomic mass is 16.5. The number of hydrogen-bond donors (Lipinski definition) is 0. The molecule has 1 rings (SSSR count). The first-order valence-electron chi connectivity index (χ1n) is 3.26. The Kier molecular flexibility index (Phi) is 2.19. The molecule has 0 atom stereocenters. The van der Waals surface area contributed by atoms with Gasteiger partial charge in [0.05, 0.1) is 0 Å². The Morgan fingerprint density at radius 2 is 1.92 bits per heavy atom. The molecule has 0 spiro atoms. The number of esters is 1. The molecular formula is C8H6O4. The third-order valence-electron chi connectivity index (χ3n) is 1.18. The van der Waals surface area contributed by atoms with E-state index in [0.29, 0.717) is 0 Å². The molecule has 0 radical (unpaired) electrons. The molecule has 62 valence electrons. The van der Waals surface area contributed by atoms with Gasteiger partial charge in [0.25, 0.3) is 0 Å². The van der Waals surface area contributed by atoms with E-state index in [4.69, 9.17) is 0 Å². The highest BCUT2D eigenvalue weighted by Crippen LogP contribution is 2.06. The van der Waals surface area contributed by atoms with Gasteiger partial charge < -0.3 is 4.74 Å². The summed E-state index contributed by atoms with van der Waals surface area (Å²) in [6.07, 6.45) is 3.34. The molecule has 0 aromatic rings. The van der Waals surface area contributed by atoms with Crippen LogP contribution in [0.5, 0.6) is 0 Å². The third-order valence-corrected chi connectivity index (χ3v) is 1.18. The Morgan fingerprint density at radius 3 is 2.42 bits per heavy atom. The molecule has 0 heterocycles. The monoisotopic (exact) mass is 166 g/mol. The van der Waals surface area contributed by atoms with Gasteiger partial charge in [-0.1, -0.05) is 0 Å². The van der Waals surface area contributed by atoms with Gasteiger partial charge in [-0.25, -0.2) is 0 Å². The lowest BCUT2D eigenvalue weighted by Gasteiger charge is -2.03. The van der Waals surface area contributed by atoms with E-state index in [1.54, 1.807) is 0 Å². The van der Waals surface area contributed by atoms with Gasteiger partial charge >= 0.3 is 5.97 Å². The summed E-state index contributed by atoms with van der Waals surface area (Å²) < 4.78 is 4.57. The average molecular weight is 166 g/mol. The SMILES string of the molecule is CC(=O)OC1=CC(=O)C(=O)C=C1. The van der Waals surface area contributed by atoms with Crippen molar-refractivity contribution in [2.45, 2.75) is 6.92 Å². The largest absolute Gasteiger partial charge is 0.427 e. The molecule has 0 unspecified atom stereocenters. The summed E-state index contributed by atoms with van der Waals surface area (Å²) in [5, 5.41) is 0. The zero-order chi connectivity index (χ0) is 9.14. The van der Waals surface area contributed by atoms with Crippen molar-refractivity contribution < 1.29 is 19.1 Å². The molecule has 0 saturated heterocycles. The Morgan fingerprint density at radius 1 is 1.25 bits per heavy atom. The van der Waals surface area contributed by atoms with E-state index >= 15 is 0 Å². The Bertz CT molecular complexity index is 309. The van der Waals surface area contributed by atoms with Gasteiger partial charge in [0.2, 0.25) is 11.6 Å². The topological polar surface area (TPSA) is 60.4 Å². The van der Waals surface area contributed by atoms with E-state index in [0.717, 1.165) is 12.2 Å². The minimum Gasteiger partial charge on any atom is -0.427 e. The van der Waals surface area contributed by atoms with Crippen molar-refractivity contribution in [2.75, 3.05) is 0 Å². The molecule has 4 heteroatoms. The summed E-state index contributed by atoms with van der Waals surface area (Å²) in [5.41, 5.74) is 0. The van der Waals surface area contributed by atoms with Crippen LogP contribution in [0.25, 0.3) is 0 Å². The quantitative estimate of drug-likeness (QED) is 0.316. The van der Waals surface area contributed by atoms with Crippen LogP contribution in [0.1, 0.15) is 6.92 Å². The minimum atomic E-state index is -0.672. The predicted molar refractivity (Wildman–Crippen MR) is 39.0 cm³/mol. The fourth-order valence-corrected chi connectivity index (χ4v) is 0.718. The molecule has 0 amide bonds. The van der Waals surface area contributed by atoms with Crippen molar-refractivity contribution in [3.63, 3.8) is 0 Å². The second-order valence-corrected chi connectivity index (χ2v) is 2.20. The average Bonchev–Trinajstić information content (AvgIpc) is 1.96. The van der Waals surface area contributed by atoms with Gasteiger partial charge in [-0.2, -0.15) is 0 Å². The molecule has 12 heavy (non-hydrogen) atoms. The Hall–Kier alpha value is -1.71. The lowest BCUT2D eigenvalue weighted by molar-refractivity contribution is -0.137. The van der Waals surface area contributed by atoms with Crippen molar-refractivity contribution in [2.24, 2.45) is 0 Å². The summed E-state index contributed by atoms with van der Waals surface area (Å²) in [4.78, 5) is 31.7. The van der Waals surface area contributed by atoms with Gasteiger partial charge in [0.1, 0.15) is 5.76 Å². The van der Waals surface area contributed by atoms with Gasteiger partial charge in [0.15, 0.2) is 0 Å². The van der Waals surface area contributed by atoms with E-state index < -0.39 is 17.5 Å². The summed E-state index contributed by atoms with van der Waals surface area (Å²) in [6, 6.07) is 0. The summed E-state index contributed by atoms with van der Waals surface area (Å²) >= 11 is 0. The van der Waals surface area contributed by atoms with E-state index in [-0.39, 0.29) is 5.76 Å². The highest BCUT2D eigenvalue weighted by molar-refractivity contribution is 6.46. The molecule has 0 aromatic carbocycles. The normalized spacial score (nSPS) is 15.9. The smallest absolute Gasteiger partial charge is 0.308 e. The van der Waals surface area contributed by atoms with Crippen LogP contribution in [-0.2, 0) is 19.1 Å². The maximum absolute atomic E-state index is 10.7. The maximum atomic E-state index is 10.7. The summed E-state index contributed by atoms with van der Waals surface area (Å²) in [5.74, 6) is -1.69. The van der Waals surface area contributed by atoms with Crippen molar-refractivity contribution in [1.29, 1.82) is 0 Å². The number of ether oxygens (including phenoxy) is 1. The zero-order valence-corrected chi connectivity index (χ0v) is 6.37. The number of ketones is 2. The molecule has 0 aromatic heterocycles. The van der Waals surface area contributed by atoms with Crippen LogP contribution in [0, 0.1) is 0 Å². The van der Waals surface area contributed by atoms with Crippen LogP contribution in [0.4, 0.5) is 0 Å². The highest BCUT2D eigenvalue weighted by Gasteiger charge is 2.14.